The van der Waals surface area contributed by atoms with Crippen molar-refractivity contribution in [1.82, 2.24) is 19.7 Å². The first-order valence-electron chi connectivity index (χ1n) is 11.8. The maximum Gasteiger partial charge on any atom is 0.236 e. The molecule has 1 aliphatic rings. The normalized spacial score (nSPS) is 14.2. The van der Waals surface area contributed by atoms with Crippen molar-refractivity contribution in [2.75, 3.05) is 11.1 Å². The molecular weight excluding hydrogens is 542 g/mol. The van der Waals surface area contributed by atoms with E-state index in [4.69, 9.17) is 0 Å². The van der Waals surface area contributed by atoms with Gasteiger partial charge in [-0.25, -0.2) is 4.98 Å². The Morgan fingerprint density at radius 1 is 1.06 bits per heavy atom. The van der Waals surface area contributed by atoms with Gasteiger partial charge in [0.25, 0.3) is 0 Å². The smallest absolute Gasteiger partial charge is 0.236 e. The minimum absolute atomic E-state index is 0.0960. The van der Waals surface area contributed by atoms with Crippen LogP contribution in [0, 0.1) is 0 Å². The van der Waals surface area contributed by atoms with Crippen LogP contribution < -0.4 is 5.32 Å². The number of halogens is 1. The van der Waals surface area contributed by atoms with Gasteiger partial charge in [0, 0.05) is 33.6 Å². The number of benzene rings is 2. The number of hydrogen-bond donors (Lipinski definition) is 1. The fraction of sp³-hybridized carbons (Fsp3) is 0.308. The van der Waals surface area contributed by atoms with Crippen LogP contribution in [0.15, 0.2) is 70.4 Å². The Morgan fingerprint density at radius 2 is 1.83 bits per heavy atom. The van der Waals surface area contributed by atoms with Crippen LogP contribution in [0.1, 0.15) is 54.3 Å². The summed E-state index contributed by atoms with van der Waals surface area (Å²) in [4.78, 5) is 18.2. The number of amides is 1. The van der Waals surface area contributed by atoms with E-state index in [2.05, 4.69) is 65.3 Å². The average Bonchev–Trinajstić information content (AvgIpc) is 3.52. The zero-order valence-electron chi connectivity index (χ0n) is 19.2. The molecule has 1 saturated carbocycles. The van der Waals surface area contributed by atoms with Gasteiger partial charge in [-0.1, -0.05) is 77.3 Å². The summed E-state index contributed by atoms with van der Waals surface area (Å²) in [5.74, 6) is 1.58. The molecule has 0 unspecified atom stereocenters. The number of aromatic nitrogens is 4. The van der Waals surface area contributed by atoms with Crippen LogP contribution >= 0.6 is 39.0 Å². The lowest BCUT2D eigenvalue weighted by Crippen LogP contribution is -2.15. The highest BCUT2D eigenvalue weighted by atomic mass is 79.9. The molecule has 2 aromatic carbocycles. The zero-order chi connectivity index (χ0) is 24.0. The lowest BCUT2D eigenvalue weighted by molar-refractivity contribution is -0.113. The summed E-state index contributed by atoms with van der Waals surface area (Å²) in [7, 11) is 0. The van der Waals surface area contributed by atoms with E-state index in [-0.39, 0.29) is 11.7 Å². The van der Waals surface area contributed by atoms with Gasteiger partial charge in [-0.15, -0.1) is 21.5 Å². The largest absolute Gasteiger partial charge is 0.301 e. The van der Waals surface area contributed by atoms with E-state index in [1.807, 2.05) is 36.5 Å². The maximum atomic E-state index is 12.7. The van der Waals surface area contributed by atoms with Gasteiger partial charge in [0.2, 0.25) is 5.91 Å². The van der Waals surface area contributed by atoms with Gasteiger partial charge in [-0.3, -0.25) is 9.36 Å². The first kappa shape index (κ1) is 24.2. The number of nitrogens with one attached hydrogen (secondary N) is 1. The Bertz CT molecular complexity index is 1270. The third-order valence-corrected chi connectivity index (χ3v) is 8.44. The van der Waals surface area contributed by atoms with Crippen molar-refractivity contribution in [2.45, 2.75) is 49.6 Å². The Balaban J connectivity index is 1.24. The van der Waals surface area contributed by atoms with E-state index in [0.29, 0.717) is 11.0 Å². The third-order valence-electron chi connectivity index (χ3n) is 6.07. The molecular formula is C26H26BrN5OS2. The number of carbonyl (C=O) groups excluding carboxylic acids is 1. The third kappa shape index (κ3) is 6.20. The molecule has 2 aromatic heterocycles. The maximum absolute atomic E-state index is 12.7. The number of anilines is 1. The topological polar surface area (TPSA) is 72.7 Å². The summed E-state index contributed by atoms with van der Waals surface area (Å²) in [5, 5.41) is 13.4. The minimum atomic E-state index is -0.0960. The van der Waals surface area contributed by atoms with E-state index in [1.54, 1.807) is 0 Å². The quantitative estimate of drug-likeness (QED) is 0.235. The molecule has 1 N–H and O–H groups in total. The molecule has 0 aliphatic heterocycles. The molecule has 0 bridgehead atoms. The van der Waals surface area contributed by atoms with E-state index >= 15 is 0 Å². The van der Waals surface area contributed by atoms with Crippen LogP contribution in [0.5, 0.6) is 0 Å². The molecule has 35 heavy (non-hydrogen) atoms. The number of carbonyl (C=O) groups is 1. The zero-order valence-corrected chi connectivity index (χ0v) is 22.4. The molecule has 0 saturated heterocycles. The number of para-hydroxylation sites is 1. The van der Waals surface area contributed by atoms with Gasteiger partial charge in [0.1, 0.15) is 5.82 Å². The molecule has 4 aromatic rings. The average molecular weight is 569 g/mol. The highest BCUT2D eigenvalue weighted by Gasteiger charge is 2.24. The molecule has 2 heterocycles. The molecule has 9 heteroatoms. The van der Waals surface area contributed by atoms with Gasteiger partial charge >= 0.3 is 0 Å². The Morgan fingerprint density at radius 3 is 2.60 bits per heavy atom. The highest BCUT2D eigenvalue weighted by molar-refractivity contribution is 9.10. The molecule has 0 radical (unpaired) electrons. The Kier molecular flexibility index (Phi) is 7.95. The molecule has 0 atom stereocenters. The second-order valence-electron chi connectivity index (χ2n) is 8.62. The van der Waals surface area contributed by atoms with Gasteiger partial charge in [-0.05, 0) is 42.7 Å². The Hall–Kier alpha value is -2.49. The van der Waals surface area contributed by atoms with Crippen LogP contribution in [0.3, 0.4) is 0 Å². The van der Waals surface area contributed by atoms with Crippen LogP contribution in [-0.2, 0) is 11.2 Å². The van der Waals surface area contributed by atoms with Gasteiger partial charge in [0.15, 0.2) is 10.3 Å². The fourth-order valence-electron chi connectivity index (χ4n) is 4.36. The number of nitrogens with zero attached hydrogens (tertiary/aromatic N) is 4. The second kappa shape index (κ2) is 11.5. The summed E-state index contributed by atoms with van der Waals surface area (Å²) in [6, 6.07) is 18.4. The number of thioether (sulfide) groups is 1. The van der Waals surface area contributed by atoms with Gasteiger partial charge < -0.3 is 5.32 Å². The van der Waals surface area contributed by atoms with Crippen LogP contribution in [-0.4, -0.2) is 31.4 Å². The van der Waals surface area contributed by atoms with E-state index in [1.165, 1.54) is 47.9 Å². The molecule has 1 amide bonds. The molecule has 1 aliphatic carbocycles. The van der Waals surface area contributed by atoms with E-state index in [0.717, 1.165) is 45.3 Å². The monoisotopic (exact) mass is 567 g/mol. The van der Waals surface area contributed by atoms with E-state index in [9.17, 15) is 4.79 Å². The van der Waals surface area contributed by atoms with Crippen molar-refractivity contribution in [3.8, 4) is 5.69 Å². The highest BCUT2D eigenvalue weighted by Crippen LogP contribution is 2.35. The Labute approximate surface area is 221 Å². The first-order chi connectivity index (χ1) is 17.2. The SMILES string of the molecule is O=C(CSc1nnc(C2CCCCC2)n1-c1ccccc1)Nc1ncc(Cc2ccc(Br)cc2)s1. The predicted molar refractivity (Wildman–Crippen MR) is 146 cm³/mol. The minimum Gasteiger partial charge on any atom is -0.301 e. The van der Waals surface area contributed by atoms with Crippen LogP contribution in [0.25, 0.3) is 5.69 Å². The van der Waals surface area contributed by atoms with Crippen LogP contribution in [0.2, 0.25) is 0 Å². The molecule has 180 valence electrons. The molecule has 6 nitrogen and oxygen atoms in total. The van der Waals surface area contributed by atoms with Crippen molar-refractivity contribution in [3.63, 3.8) is 0 Å². The van der Waals surface area contributed by atoms with Crippen molar-refractivity contribution >= 4 is 50.1 Å². The van der Waals surface area contributed by atoms with Gasteiger partial charge in [0.05, 0.1) is 5.75 Å². The summed E-state index contributed by atoms with van der Waals surface area (Å²) in [5.41, 5.74) is 2.25. The second-order valence-corrected chi connectivity index (χ2v) is 11.6. The van der Waals surface area contributed by atoms with Crippen LogP contribution in [0.4, 0.5) is 5.13 Å². The summed E-state index contributed by atoms with van der Waals surface area (Å²) < 4.78 is 3.19. The summed E-state index contributed by atoms with van der Waals surface area (Å²) in [6.45, 7) is 0. The number of thiazole rings is 1. The molecule has 1 fully saturated rings. The van der Waals surface area contributed by atoms with Crippen molar-refractivity contribution in [2.24, 2.45) is 0 Å². The standard InChI is InChI=1S/C26H26BrN5OS2/c27-20-13-11-18(12-14-20)15-22-16-28-25(35-22)29-23(33)17-34-26-31-30-24(19-7-3-1-4-8-19)32(26)21-9-5-2-6-10-21/h2,5-6,9-14,16,19H,1,3-4,7-8,15,17H2,(H,28,29,33). The first-order valence-corrected chi connectivity index (χ1v) is 14.4. The number of rotatable bonds is 8. The lowest BCUT2D eigenvalue weighted by atomic mass is 9.88. The van der Waals surface area contributed by atoms with Crippen molar-refractivity contribution < 1.29 is 4.79 Å². The predicted octanol–water partition coefficient (Wildman–Crippen LogP) is 6.86. The van der Waals surface area contributed by atoms with E-state index < -0.39 is 0 Å². The molecule has 0 spiro atoms. The molecule has 5 rings (SSSR count). The number of hydrogen-bond acceptors (Lipinski definition) is 6. The van der Waals surface area contributed by atoms with Crippen molar-refractivity contribution in [1.29, 1.82) is 0 Å². The summed E-state index contributed by atoms with van der Waals surface area (Å²) >= 11 is 6.39. The lowest BCUT2D eigenvalue weighted by Gasteiger charge is -2.22. The van der Waals surface area contributed by atoms with Crippen molar-refractivity contribution in [3.05, 3.63) is 81.5 Å². The van der Waals surface area contributed by atoms with Gasteiger partial charge in [-0.2, -0.15) is 0 Å². The fourth-order valence-corrected chi connectivity index (χ4v) is 6.24. The summed E-state index contributed by atoms with van der Waals surface area (Å²) in [6.07, 6.45) is 8.66.